The predicted molar refractivity (Wildman–Crippen MR) is 90.2 cm³/mol. The summed E-state index contributed by atoms with van der Waals surface area (Å²) in [6.07, 6.45) is 1.12. The summed E-state index contributed by atoms with van der Waals surface area (Å²) in [7, 11) is 0. The van der Waals surface area contributed by atoms with Crippen LogP contribution >= 0.6 is 0 Å². The number of amides is 1. The molecule has 3 rings (SSSR count). The fourth-order valence-electron chi connectivity index (χ4n) is 3.46. The third-order valence-corrected chi connectivity index (χ3v) is 4.92. The van der Waals surface area contributed by atoms with E-state index in [1.165, 1.54) is 5.56 Å². The Kier molecular flexibility index (Phi) is 5.30. The number of piperidine rings is 1. The number of rotatable bonds is 3. The van der Waals surface area contributed by atoms with Crippen molar-refractivity contribution in [3.05, 3.63) is 35.4 Å². The maximum absolute atomic E-state index is 13.2. The van der Waals surface area contributed by atoms with E-state index in [-0.39, 0.29) is 18.1 Å². The fourth-order valence-corrected chi connectivity index (χ4v) is 3.46. The lowest BCUT2D eigenvalue weighted by atomic mass is 9.99. The third kappa shape index (κ3) is 3.91. The highest BCUT2D eigenvalue weighted by molar-refractivity contribution is 5.83. The van der Waals surface area contributed by atoms with E-state index >= 15 is 0 Å². The van der Waals surface area contributed by atoms with E-state index in [0.717, 1.165) is 31.7 Å². The quantitative estimate of drug-likeness (QED) is 0.871. The van der Waals surface area contributed by atoms with Crippen LogP contribution in [0.25, 0.3) is 0 Å². The maximum atomic E-state index is 13.2. The molecule has 2 N–H and O–H groups in total. The first-order chi connectivity index (χ1) is 11.1. The van der Waals surface area contributed by atoms with Crippen molar-refractivity contribution < 1.29 is 9.90 Å². The summed E-state index contributed by atoms with van der Waals surface area (Å²) in [5.74, 6) is 0.183. The number of nitrogens with one attached hydrogen (secondary N) is 1. The standard InChI is InChI=1S/C18H27N3O2/c1-14-2-4-15(5-3-14)17(20-12-8-19-9-13-20)18(23)21-10-6-16(22)7-11-21/h2-5,16-17,19,22H,6-13H2,1H3. The molecule has 0 saturated carbocycles. The fraction of sp³-hybridized carbons (Fsp3) is 0.611. The Morgan fingerprint density at radius 2 is 1.74 bits per heavy atom. The van der Waals surface area contributed by atoms with Gasteiger partial charge in [-0.3, -0.25) is 9.69 Å². The van der Waals surface area contributed by atoms with Crippen LogP contribution < -0.4 is 5.32 Å². The highest BCUT2D eigenvalue weighted by Gasteiger charge is 2.33. The van der Waals surface area contributed by atoms with Crippen molar-refractivity contribution in [3.63, 3.8) is 0 Å². The van der Waals surface area contributed by atoms with Gasteiger partial charge >= 0.3 is 0 Å². The van der Waals surface area contributed by atoms with Gasteiger partial charge in [0.05, 0.1) is 6.10 Å². The van der Waals surface area contributed by atoms with Crippen LogP contribution in [0.5, 0.6) is 0 Å². The molecule has 23 heavy (non-hydrogen) atoms. The number of hydrogen-bond acceptors (Lipinski definition) is 4. The minimum Gasteiger partial charge on any atom is -0.393 e. The van der Waals surface area contributed by atoms with Crippen LogP contribution in [0, 0.1) is 6.92 Å². The molecular formula is C18H27N3O2. The van der Waals surface area contributed by atoms with Crippen LogP contribution in [0.4, 0.5) is 0 Å². The van der Waals surface area contributed by atoms with Crippen LogP contribution in [0.1, 0.15) is 30.0 Å². The van der Waals surface area contributed by atoms with Crippen molar-refractivity contribution in [2.24, 2.45) is 0 Å². The number of carbonyl (C=O) groups is 1. The Bertz CT molecular complexity index is 518. The molecule has 0 aromatic heterocycles. The van der Waals surface area contributed by atoms with Gasteiger partial charge < -0.3 is 15.3 Å². The number of piperazine rings is 1. The van der Waals surface area contributed by atoms with Crippen LogP contribution in [0.15, 0.2) is 24.3 Å². The molecule has 1 unspecified atom stereocenters. The molecule has 2 aliphatic heterocycles. The molecule has 1 aromatic carbocycles. The van der Waals surface area contributed by atoms with Gasteiger partial charge in [0.15, 0.2) is 0 Å². The lowest BCUT2D eigenvalue weighted by molar-refractivity contribution is -0.139. The van der Waals surface area contributed by atoms with E-state index < -0.39 is 0 Å². The first kappa shape index (κ1) is 16.4. The average molecular weight is 317 g/mol. The highest BCUT2D eigenvalue weighted by atomic mass is 16.3. The molecule has 1 amide bonds. The Morgan fingerprint density at radius 3 is 2.35 bits per heavy atom. The van der Waals surface area contributed by atoms with Crippen LogP contribution in [-0.2, 0) is 4.79 Å². The van der Waals surface area contributed by atoms with Gasteiger partial charge in [-0.15, -0.1) is 0 Å². The smallest absolute Gasteiger partial charge is 0.244 e. The van der Waals surface area contributed by atoms with Crippen LogP contribution in [-0.4, -0.2) is 66.2 Å². The summed E-state index contributed by atoms with van der Waals surface area (Å²) in [6.45, 7) is 7.02. The van der Waals surface area contributed by atoms with Gasteiger partial charge in [-0.05, 0) is 25.3 Å². The van der Waals surface area contributed by atoms with Gasteiger partial charge in [0.2, 0.25) is 5.91 Å². The summed E-state index contributed by atoms with van der Waals surface area (Å²) in [5, 5.41) is 13.0. The van der Waals surface area contributed by atoms with Crippen LogP contribution in [0.2, 0.25) is 0 Å². The molecule has 0 radical (unpaired) electrons. The molecule has 126 valence electrons. The van der Waals surface area contributed by atoms with Crippen molar-refractivity contribution in [1.29, 1.82) is 0 Å². The number of nitrogens with zero attached hydrogens (tertiary/aromatic N) is 2. The molecule has 5 nitrogen and oxygen atoms in total. The minimum absolute atomic E-state index is 0.183. The molecule has 2 heterocycles. The van der Waals surface area contributed by atoms with E-state index in [1.54, 1.807) is 0 Å². The SMILES string of the molecule is Cc1ccc(C(C(=O)N2CCC(O)CC2)N2CCNCC2)cc1. The van der Waals surface area contributed by atoms with Crippen molar-refractivity contribution in [1.82, 2.24) is 15.1 Å². The predicted octanol–water partition coefficient (Wildman–Crippen LogP) is 0.925. The zero-order valence-electron chi connectivity index (χ0n) is 13.9. The summed E-state index contributed by atoms with van der Waals surface area (Å²) in [4.78, 5) is 17.4. The molecule has 2 aliphatic rings. The Labute approximate surface area is 138 Å². The van der Waals surface area contributed by atoms with Crippen molar-refractivity contribution in [2.45, 2.75) is 31.9 Å². The molecule has 2 fully saturated rings. The van der Waals surface area contributed by atoms with Gasteiger partial charge in [0.25, 0.3) is 0 Å². The van der Waals surface area contributed by atoms with Gasteiger partial charge in [-0.2, -0.15) is 0 Å². The monoisotopic (exact) mass is 317 g/mol. The number of carbonyl (C=O) groups excluding carboxylic acids is 1. The number of hydrogen-bond donors (Lipinski definition) is 2. The van der Waals surface area contributed by atoms with Crippen molar-refractivity contribution in [3.8, 4) is 0 Å². The Hall–Kier alpha value is -1.43. The first-order valence-corrected chi connectivity index (χ1v) is 8.63. The number of benzene rings is 1. The summed E-state index contributed by atoms with van der Waals surface area (Å²) in [5.41, 5.74) is 2.29. The second kappa shape index (κ2) is 7.43. The van der Waals surface area contributed by atoms with Gasteiger partial charge in [0, 0.05) is 39.3 Å². The second-order valence-electron chi connectivity index (χ2n) is 6.66. The van der Waals surface area contributed by atoms with Gasteiger partial charge in [-0.1, -0.05) is 29.8 Å². The summed E-state index contributed by atoms with van der Waals surface area (Å²) >= 11 is 0. The largest absolute Gasteiger partial charge is 0.393 e. The summed E-state index contributed by atoms with van der Waals surface area (Å²) in [6, 6.07) is 8.13. The van der Waals surface area contributed by atoms with Crippen molar-refractivity contribution >= 4 is 5.91 Å². The normalized spacial score (nSPS) is 22.1. The molecule has 1 atom stereocenters. The third-order valence-electron chi connectivity index (χ3n) is 4.92. The number of likely N-dealkylation sites (tertiary alicyclic amines) is 1. The average Bonchev–Trinajstić information content (AvgIpc) is 2.58. The van der Waals surface area contributed by atoms with Gasteiger partial charge in [0.1, 0.15) is 6.04 Å². The summed E-state index contributed by atoms with van der Waals surface area (Å²) < 4.78 is 0. The maximum Gasteiger partial charge on any atom is 0.244 e. The van der Waals surface area contributed by atoms with E-state index in [9.17, 15) is 9.90 Å². The molecule has 5 heteroatoms. The molecule has 2 saturated heterocycles. The van der Waals surface area contributed by atoms with Crippen molar-refractivity contribution in [2.75, 3.05) is 39.3 Å². The topological polar surface area (TPSA) is 55.8 Å². The number of aliphatic hydroxyl groups is 1. The molecule has 0 spiro atoms. The van der Waals surface area contributed by atoms with E-state index in [0.29, 0.717) is 25.9 Å². The van der Waals surface area contributed by atoms with E-state index in [2.05, 4.69) is 41.4 Å². The zero-order chi connectivity index (χ0) is 16.2. The first-order valence-electron chi connectivity index (χ1n) is 8.63. The lowest BCUT2D eigenvalue weighted by Crippen LogP contribution is -2.51. The Balaban J connectivity index is 1.81. The molecule has 1 aromatic rings. The minimum atomic E-state index is -0.254. The van der Waals surface area contributed by atoms with E-state index in [4.69, 9.17) is 0 Å². The number of aliphatic hydroxyl groups excluding tert-OH is 1. The highest BCUT2D eigenvalue weighted by Crippen LogP contribution is 2.26. The number of aryl methyl sites for hydroxylation is 1. The zero-order valence-corrected chi connectivity index (χ0v) is 13.9. The molecule has 0 aliphatic carbocycles. The lowest BCUT2D eigenvalue weighted by Gasteiger charge is -2.39. The van der Waals surface area contributed by atoms with Gasteiger partial charge in [-0.25, -0.2) is 0 Å². The van der Waals surface area contributed by atoms with E-state index in [1.807, 2.05) is 4.90 Å². The molecular weight excluding hydrogens is 290 g/mol. The molecule has 0 bridgehead atoms. The second-order valence-corrected chi connectivity index (χ2v) is 6.66. The Morgan fingerprint density at radius 1 is 1.13 bits per heavy atom. The van der Waals surface area contributed by atoms with Crippen LogP contribution in [0.3, 0.4) is 0 Å².